The van der Waals surface area contributed by atoms with Gasteiger partial charge in [-0.25, -0.2) is 0 Å². The van der Waals surface area contributed by atoms with E-state index in [9.17, 15) is 5.11 Å². The predicted molar refractivity (Wildman–Crippen MR) is 97.1 cm³/mol. The number of aliphatic hydroxyl groups is 1. The molecule has 128 valence electrons. The molecule has 23 heavy (non-hydrogen) atoms. The first-order valence-corrected chi connectivity index (χ1v) is 11.3. The van der Waals surface area contributed by atoms with E-state index >= 15 is 0 Å². The van der Waals surface area contributed by atoms with Crippen LogP contribution in [0.15, 0.2) is 36.1 Å². The van der Waals surface area contributed by atoms with E-state index in [2.05, 4.69) is 33.9 Å². The lowest BCUT2D eigenvalue weighted by atomic mass is 10.0. The minimum absolute atomic E-state index is 0.0472. The van der Waals surface area contributed by atoms with Gasteiger partial charge in [0.1, 0.15) is 6.10 Å². The Morgan fingerprint density at radius 3 is 2.39 bits per heavy atom. The topological polar surface area (TPSA) is 38.7 Å². The lowest BCUT2D eigenvalue weighted by Crippen LogP contribution is -2.41. The van der Waals surface area contributed by atoms with E-state index in [4.69, 9.17) is 20.8 Å². The van der Waals surface area contributed by atoms with Crippen molar-refractivity contribution in [3.05, 3.63) is 46.7 Å². The maximum absolute atomic E-state index is 9.54. The molecule has 2 atom stereocenters. The number of rotatable bonds is 4. The molecule has 1 aliphatic rings. The quantitative estimate of drug-likeness (QED) is 0.767. The lowest BCUT2D eigenvalue weighted by Gasteiger charge is -2.39. The van der Waals surface area contributed by atoms with Gasteiger partial charge in [0.05, 0.1) is 18.5 Å². The van der Waals surface area contributed by atoms with E-state index in [1.54, 1.807) is 0 Å². The van der Waals surface area contributed by atoms with Crippen molar-refractivity contribution in [2.24, 2.45) is 0 Å². The highest BCUT2D eigenvalue weighted by molar-refractivity contribution is 6.74. The molecule has 0 aliphatic carbocycles. The van der Waals surface area contributed by atoms with Gasteiger partial charge < -0.3 is 14.3 Å². The van der Waals surface area contributed by atoms with Gasteiger partial charge in [-0.05, 0) is 41.9 Å². The van der Waals surface area contributed by atoms with Crippen LogP contribution < -0.4 is 0 Å². The van der Waals surface area contributed by atoms with Crippen molar-refractivity contribution in [3.8, 4) is 0 Å². The first kappa shape index (κ1) is 18.5. The average Bonchev–Trinajstić information content (AvgIpc) is 2.46. The Morgan fingerprint density at radius 2 is 1.87 bits per heavy atom. The number of aliphatic hydroxyl groups excluding tert-OH is 1. The smallest absolute Gasteiger partial charge is 0.250 e. The molecule has 0 unspecified atom stereocenters. The predicted octanol–water partition coefficient (Wildman–Crippen LogP) is 5.07. The Balaban J connectivity index is 2.20. The summed E-state index contributed by atoms with van der Waals surface area (Å²) < 4.78 is 12.4. The standard InChI is InChI=1S/C18H27ClO3Si/c1-18(2,3)23(4,5)22-15-10-16(12-20)21-17(11-15)13-6-8-14(19)9-7-13/h6-10,16-17,20H,11-12H2,1-5H3/t16-,17+/m1/s1. The summed E-state index contributed by atoms with van der Waals surface area (Å²) in [5, 5.41) is 10.4. The van der Waals surface area contributed by atoms with Crippen LogP contribution in [-0.2, 0) is 9.16 Å². The largest absolute Gasteiger partial charge is 0.547 e. The van der Waals surface area contributed by atoms with Crippen LogP contribution >= 0.6 is 11.6 Å². The van der Waals surface area contributed by atoms with Crippen LogP contribution in [0, 0.1) is 0 Å². The highest BCUT2D eigenvalue weighted by Gasteiger charge is 2.40. The Kier molecular flexibility index (Phi) is 5.62. The van der Waals surface area contributed by atoms with E-state index in [0.717, 1.165) is 11.3 Å². The Labute approximate surface area is 145 Å². The third-order valence-corrected chi connectivity index (χ3v) is 9.35. The van der Waals surface area contributed by atoms with Gasteiger partial charge in [0.25, 0.3) is 0 Å². The van der Waals surface area contributed by atoms with Crippen molar-refractivity contribution in [3.63, 3.8) is 0 Å². The maximum atomic E-state index is 9.54. The fraction of sp³-hybridized carbons (Fsp3) is 0.556. The highest BCUT2D eigenvalue weighted by Crippen LogP contribution is 2.41. The van der Waals surface area contributed by atoms with E-state index < -0.39 is 8.32 Å². The molecule has 0 saturated heterocycles. The van der Waals surface area contributed by atoms with Crippen molar-refractivity contribution in [2.75, 3.05) is 6.61 Å². The van der Waals surface area contributed by atoms with Crippen molar-refractivity contribution >= 4 is 19.9 Å². The fourth-order valence-electron chi connectivity index (χ4n) is 2.28. The molecule has 0 amide bonds. The van der Waals surface area contributed by atoms with Crippen LogP contribution in [0.3, 0.4) is 0 Å². The van der Waals surface area contributed by atoms with Gasteiger partial charge in [-0.1, -0.05) is 44.5 Å². The second kappa shape index (κ2) is 6.97. The van der Waals surface area contributed by atoms with Gasteiger partial charge in [-0.3, -0.25) is 0 Å². The van der Waals surface area contributed by atoms with Gasteiger partial charge in [-0.15, -0.1) is 0 Å². The Morgan fingerprint density at radius 1 is 1.26 bits per heavy atom. The molecular formula is C18H27ClO3Si. The first-order chi connectivity index (χ1) is 10.6. The van der Waals surface area contributed by atoms with Gasteiger partial charge in [0.2, 0.25) is 8.32 Å². The second-order valence-corrected chi connectivity index (χ2v) is 12.8. The zero-order valence-electron chi connectivity index (χ0n) is 14.6. The molecule has 1 aromatic rings. The summed E-state index contributed by atoms with van der Waals surface area (Å²) in [5.74, 6) is 0.932. The van der Waals surface area contributed by atoms with Crippen molar-refractivity contribution in [1.29, 1.82) is 0 Å². The number of hydrogen-bond donors (Lipinski definition) is 1. The first-order valence-electron chi connectivity index (χ1n) is 8.04. The average molecular weight is 355 g/mol. The highest BCUT2D eigenvalue weighted by atomic mass is 35.5. The molecule has 1 aliphatic heterocycles. The number of benzene rings is 1. The zero-order valence-corrected chi connectivity index (χ0v) is 16.4. The zero-order chi connectivity index (χ0) is 17.3. The molecule has 0 spiro atoms. The van der Waals surface area contributed by atoms with Gasteiger partial charge in [0.15, 0.2) is 0 Å². The molecule has 3 nitrogen and oxygen atoms in total. The summed E-state index contributed by atoms with van der Waals surface area (Å²) in [5.41, 5.74) is 1.05. The third-order valence-electron chi connectivity index (χ3n) is 4.71. The van der Waals surface area contributed by atoms with Crippen LogP contribution in [0.5, 0.6) is 0 Å². The number of halogens is 1. The lowest BCUT2D eigenvalue weighted by molar-refractivity contribution is -0.0321. The van der Waals surface area contributed by atoms with E-state index in [1.165, 1.54) is 0 Å². The molecule has 0 saturated carbocycles. The second-order valence-electron chi connectivity index (χ2n) is 7.60. The molecule has 0 radical (unpaired) electrons. The van der Waals surface area contributed by atoms with Crippen molar-refractivity contribution in [1.82, 2.24) is 0 Å². The third kappa shape index (κ3) is 4.60. The van der Waals surface area contributed by atoms with Crippen LogP contribution in [0.2, 0.25) is 23.2 Å². The molecule has 0 aromatic heterocycles. The number of hydrogen-bond acceptors (Lipinski definition) is 3. The Bertz CT molecular complexity index is 561. The molecule has 0 bridgehead atoms. The molecule has 1 aromatic carbocycles. The van der Waals surface area contributed by atoms with Crippen LogP contribution in [-0.4, -0.2) is 26.1 Å². The van der Waals surface area contributed by atoms with E-state index in [-0.39, 0.29) is 23.9 Å². The summed E-state index contributed by atoms with van der Waals surface area (Å²) >= 11 is 5.96. The normalized spacial score (nSPS) is 22.7. The monoisotopic (exact) mass is 354 g/mol. The van der Waals surface area contributed by atoms with Crippen LogP contribution in [0.4, 0.5) is 0 Å². The van der Waals surface area contributed by atoms with Gasteiger partial charge in [-0.2, -0.15) is 0 Å². The molecule has 5 heteroatoms. The van der Waals surface area contributed by atoms with Gasteiger partial charge in [0, 0.05) is 11.4 Å². The van der Waals surface area contributed by atoms with Crippen LogP contribution in [0.1, 0.15) is 38.9 Å². The molecule has 0 fully saturated rings. The maximum Gasteiger partial charge on any atom is 0.250 e. The summed E-state index contributed by atoms with van der Waals surface area (Å²) in [6.45, 7) is 11.1. The van der Waals surface area contributed by atoms with Crippen molar-refractivity contribution < 1.29 is 14.3 Å². The fourth-order valence-corrected chi connectivity index (χ4v) is 3.52. The van der Waals surface area contributed by atoms with E-state index in [1.807, 2.05) is 30.3 Å². The summed E-state index contributed by atoms with van der Waals surface area (Å²) in [7, 11) is -1.90. The number of ether oxygens (including phenoxy) is 1. The molecule has 2 rings (SSSR count). The van der Waals surface area contributed by atoms with E-state index in [0.29, 0.717) is 11.4 Å². The SMILES string of the molecule is CC(C)(C)[Si](C)(C)OC1=C[C@H](CO)O[C@H](c2ccc(Cl)cc2)C1. The van der Waals surface area contributed by atoms with Gasteiger partial charge >= 0.3 is 0 Å². The van der Waals surface area contributed by atoms with Crippen LogP contribution in [0.25, 0.3) is 0 Å². The summed E-state index contributed by atoms with van der Waals surface area (Å²) in [6.07, 6.45) is 2.16. The molecular weight excluding hydrogens is 328 g/mol. The minimum Gasteiger partial charge on any atom is -0.547 e. The Hall–Kier alpha value is -0.813. The van der Waals surface area contributed by atoms with Crippen molar-refractivity contribution in [2.45, 2.75) is 57.5 Å². The minimum atomic E-state index is -1.90. The molecule has 1 heterocycles. The molecule has 1 N–H and O–H groups in total. The summed E-state index contributed by atoms with van der Waals surface area (Å²) in [6, 6.07) is 7.66. The summed E-state index contributed by atoms with van der Waals surface area (Å²) in [4.78, 5) is 0.